The van der Waals surface area contributed by atoms with Crippen LogP contribution in [0.5, 0.6) is 5.75 Å². The molecule has 0 N–H and O–H groups in total. The highest BCUT2D eigenvalue weighted by atomic mass is 16.5. The molecule has 0 radical (unpaired) electrons. The quantitative estimate of drug-likeness (QED) is 0.664. The van der Waals surface area contributed by atoms with E-state index in [9.17, 15) is 0 Å². The normalized spacial score (nSPS) is 13.4. The molecule has 0 heterocycles. The van der Waals surface area contributed by atoms with Crippen LogP contribution in [0.3, 0.4) is 0 Å². The molecule has 128 valence electrons. The Labute approximate surface area is 144 Å². The molecule has 1 atom stereocenters. The molecule has 0 fully saturated rings. The summed E-state index contributed by atoms with van der Waals surface area (Å²) in [5.74, 6) is 1.69. The van der Waals surface area contributed by atoms with Crippen molar-refractivity contribution in [2.24, 2.45) is 0 Å². The third-order valence-electron chi connectivity index (χ3n) is 4.13. The third-order valence-corrected chi connectivity index (χ3v) is 4.13. The van der Waals surface area contributed by atoms with E-state index in [0.717, 1.165) is 11.5 Å². The predicted octanol–water partition coefficient (Wildman–Crippen LogP) is 4.59. The molecule has 0 aliphatic carbocycles. The Hall–Kier alpha value is -2.26. The first-order chi connectivity index (χ1) is 11.6. The first-order valence-electron chi connectivity index (χ1n) is 8.10. The third kappa shape index (κ3) is 4.62. The van der Waals surface area contributed by atoms with E-state index in [1.165, 1.54) is 5.56 Å². The number of benzene rings is 2. The van der Waals surface area contributed by atoms with Crippen molar-refractivity contribution in [1.82, 2.24) is 0 Å². The van der Waals surface area contributed by atoms with Crippen molar-refractivity contribution in [3.8, 4) is 5.75 Å². The van der Waals surface area contributed by atoms with E-state index in [-0.39, 0.29) is 11.5 Å². The maximum Gasteiger partial charge on any atom is 0.119 e. The second-order valence-electron chi connectivity index (χ2n) is 6.12. The number of allylic oxidation sites excluding steroid dienone is 1. The van der Waals surface area contributed by atoms with Gasteiger partial charge in [-0.1, -0.05) is 48.5 Å². The van der Waals surface area contributed by atoms with Crippen molar-refractivity contribution >= 4 is 0 Å². The Morgan fingerprint density at radius 3 is 2.08 bits per heavy atom. The molecule has 0 saturated heterocycles. The molecule has 0 amide bonds. The Morgan fingerprint density at radius 1 is 0.958 bits per heavy atom. The molecule has 2 rings (SSSR count). The minimum atomic E-state index is -0.250. The van der Waals surface area contributed by atoms with Crippen LogP contribution >= 0.6 is 0 Å². The van der Waals surface area contributed by atoms with Crippen LogP contribution in [0.1, 0.15) is 19.4 Å². The van der Waals surface area contributed by atoms with Crippen LogP contribution in [0.25, 0.3) is 0 Å². The zero-order valence-corrected chi connectivity index (χ0v) is 14.9. The molecular formula is C21H26O3. The van der Waals surface area contributed by atoms with Gasteiger partial charge in [0.15, 0.2) is 0 Å². The molecule has 3 nitrogen and oxygen atoms in total. The fourth-order valence-corrected chi connectivity index (χ4v) is 2.58. The van der Waals surface area contributed by atoms with Gasteiger partial charge >= 0.3 is 0 Å². The zero-order valence-electron chi connectivity index (χ0n) is 14.9. The summed E-state index contributed by atoms with van der Waals surface area (Å²) in [6.45, 7) is 4.71. The smallest absolute Gasteiger partial charge is 0.119 e. The number of ether oxygens (including phenoxy) is 3. The van der Waals surface area contributed by atoms with Crippen molar-refractivity contribution in [2.75, 3.05) is 20.8 Å². The molecule has 0 spiro atoms. The maximum atomic E-state index is 5.80. The topological polar surface area (TPSA) is 27.7 Å². The lowest BCUT2D eigenvalue weighted by molar-refractivity contribution is 0.0859. The van der Waals surface area contributed by atoms with E-state index in [1.54, 1.807) is 14.2 Å². The molecule has 1 unspecified atom stereocenters. The lowest BCUT2D eigenvalue weighted by atomic mass is 9.82. The van der Waals surface area contributed by atoms with Gasteiger partial charge in [-0.25, -0.2) is 0 Å². The van der Waals surface area contributed by atoms with E-state index >= 15 is 0 Å². The first kappa shape index (κ1) is 18.1. The molecule has 0 saturated carbocycles. The lowest BCUT2D eigenvalue weighted by Crippen LogP contribution is -2.26. The zero-order chi connectivity index (χ0) is 17.4. The fraction of sp³-hybridized carbons (Fsp3) is 0.333. The average molecular weight is 326 g/mol. The standard InChI is InChI=1S/C21H26O3/c1-21(2,17-11-7-5-8-12-17)20(23-4)15-19(22-3)16-24-18-13-9-6-10-14-18/h5-15,19H,16H2,1-4H3/b20-15-. The summed E-state index contributed by atoms with van der Waals surface area (Å²) in [5.41, 5.74) is 0.941. The largest absolute Gasteiger partial charge is 0.500 e. The highest BCUT2D eigenvalue weighted by molar-refractivity contribution is 5.32. The Bertz CT molecular complexity index is 633. The molecule has 3 heteroatoms. The molecule has 2 aromatic carbocycles. The lowest BCUT2D eigenvalue weighted by Gasteiger charge is -2.28. The van der Waals surface area contributed by atoms with E-state index in [1.807, 2.05) is 54.6 Å². The Morgan fingerprint density at radius 2 is 1.54 bits per heavy atom. The van der Waals surface area contributed by atoms with Crippen LogP contribution < -0.4 is 4.74 Å². The van der Waals surface area contributed by atoms with Gasteiger partial charge in [0.25, 0.3) is 0 Å². The Balaban J connectivity index is 2.14. The summed E-state index contributed by atoms with van der Waals surface area (Å²) < 4.78 is 17.0. The van der Waals surface area contributed by atoms with E-state index in [4.69, 9.17) is 14.2 Å². The summed E-state index contributed by atoms with van der Waals surface area (Å²) in [7, 11) is 3.37. The van der Waals surface area contributed by atoms with Crippen LogP contribution in [0, 0.1) is 0 Å². The summed E-state index contributed by atoms with van der Waals surface area (Å²) >= 11 is 0. The monoisotopic (exact) mass is 326 g/mol. The average Bonchev–Trinajstić information content (AvgIpc) is 2.63. The minimum absolute atomic E-state index is 0.192. The van der Waals surface area contributed by atoms with E-state index in [0.29, 0.717) is 6.61 Å². The molecule has 0 bridgehead atoms. The SMILES string of the molecule is CO/C(=C\C(COc1ccccc1)OC)C(C)(C)c1ccccc1. The van der Waals surface area contributed by atoms with Crippen LogP contribution in [0.4, 0.5) is 0 Å². The number of methoxy groups -OCH3 is 2. The number of para-hydroxylation sites is 1. The molecular weight excluding hydrogens is 300 g/mol. The summed E-state index contributed by atoms with van der Waals surface area (Å²) in [5, 5.41) is 0. The highest BCUT2D eigenvalue weighted by Crippen LogP contribution is 2.32. The summed E-state index contributed by atoms with van der Waals surface area (Å²) in [6.07, 6.45) is 1.80. The van der Waals surface area contributed by atoms with Gasteiger partial charge in [0, 0.05) is 12.5 Å². The summed E-state index contributed by atoms with van der Waals surface area (Å²) in [6, 6.07) is 20.0. The van der Waals surface area contributed by atoms with Gasteiger partial charge in [-0.05, 0) is 37.6 Å². The van der Waals surface area contributed by atoms with E-state index in [2.05, 4.69) is 26.0 Å². The van der Waals surface area contributed by atoms with Crippen molar-refractivity contribution in [3.63, 3.8) is 0 Å². The van der Waals surface area contributed by atoms with Gasteiger partial charge in [0.05, 0.1) is 7.11 Å². The van der Waals surface area contributed by atoms with Crippen molar-refractivity contribution < 1.29 is 14.2 Å². The number of hydrogen-bond acceptors (Lipinski definition) is 3. The van der Waals surface area contributed by atoms with Gasteiger partial charge in [-0.15, -0.1) is 0 Å². The van der Waals surface area contributed by atoms with E-state index < -0.39 is 0 Å². The second-order valence-corrected chi connectivity index (χ2v) is 6.12. The molecule has 0 aromatic heterocycles. The molecule has 2 aromatic rings. The molecule has 0 aliphatic rings. The highest BCUT2D eigenvalue weighted by Gasteiger charge is 2.27. The van der Waals surface area contributed by atoms with Crippen LogP contribution in [0.15, 0.2) is 72.5 Å². The second kappa shape index (κ2) is 8.55. The van der Waals surface area contributed by atoms with Gasteiger partial charge < -0.3 is 14.2 Å². The van der Waals surface area contributed by atoms with Crippen molar-refractivity contribution in [2.45, 2.75) is 25.4 Å². The fourth-order valence-electron chi connectivity index (χ4n) is 2.58. The number of rotatable bonds is 8. The minimum Gasteiger partial charge on any atom is -0.500 e. The van der Waals surface area contributed by atoms with Gasteiger partial charge in [-0.2, -0.15) is 0 Å². The Kier molecular flexibility index (Phi) is 6.44. The van der Waals surface area contributed by atoms with Crippen LogP contribution in [0.2, 0.25) is 0 Å². The van der Waals surface area contributed by atoms with Gasteiger partial charge in [-0.3, -0.25) is 0 Å². The van der Waals surface area contributed by atoms with Gasteiger partial charge in [0.1, 0.15) is 24.2 Å². The molecule has 0 aliphatic heterocycles. The van der Waals surface area contributed by atoms with Crippen LogP contribution in [-0.2, 0) is 14.9 Å². The van der Waals surface area contributed by atoms with Crippen molar-refractivity contribution in [1.29, 1.82) is 0 Å². The predicted molar refractivity (Wildman–Crippen MR) is 97.3 cm³/mol. The summed E-state index contributed by atoms with van der Waals surface area (Å²) in [4.78, 5) is 0. The maximum absolute atomic E-state index is 5.80. The van der Waals surface area contributed by atoms with Crippen LogP contribution in [-0.4, -0.2) is 26.9 Å². The molecule has 24 heavy (non-hydrogen) atoms. The number of hydrogen-bond donors (Lipinski definition) is 0. The van der Waals surface area contributed by atoms with Gasteiger partial charge in [0.2, 0.25) is 0 Å². The first-order valence-corrected chi connectivity index (χ1v) is 8.10. The van der Waals surface area contributed by atoms with Crippen molar-refractivity contribution in [3.05, 3.63) is 78.1 Å².